The van der Waals surface area contributed by atoms with Crippen molar-refractivity contribution in [3.63, 3.8) is 0 Å². The maximum Gasteiger partial charge on any atom is 0.123 e. The molecule has 0 radical (unpaired) electrons. The number of halogens is 1. The molecule has 0 aliphatic carbocycles. The Morgan fingerprint density at radius 3 is 3.00 bits per heavy atom. The third kappa shape index (κ3) is 2.35. The number of hydrogen-bond acceptors (Lipinski definition) is 2. The molecular weight excluding hydrogens is 173 g/mol. The number of methoxy groups -OCH3 is 1. The molecule has 0 aliphatic heterocycles. The Kier molecular flexibility index (Phi) is 3.11. The molecule has 0 unspecified atom stereocenters. The molecule has 1 rings (SSSR count). The van der Waals surface area contributed by atoms with E-state index in [9.17, 15) is 4.39 Å². The molecule has 68 valence electrons. The van der Waals surface area contributed by atoms with Crippen LogP contribution in [0.2, 0.25) is 0 Å². The minimum atomic E-state index is -0.371. The van der Waals surface area contributed by atoms with E-state index in [4.69, 9.17) is 10.3 Å². The van der Waals surface area contributed by atoms with Gasteiger partial charge in [-0.05, 0) is 23.7 Å². The summed E-state index contributed by atoms with van der Waals surface area (Å²) in [4.78, 5) is 2.58. The highest BCUT2D eigenvalue weighted by Gasteiger charge is 2.02. The molecule has 0 bridgehead atoms. The van der Waals surface area contributed by atoms with E-state index in [-0.39, 0.29) is 12.4 Å². The van der Waals surface area contributed by atoms with E-state index in [1.165, 1.54) is 25.3 Å². The average Bonchev–Trinajstić information content (AvgIpc) is 2.15. The smallest absolute Gasteiger partial charge is 0.123 e. The molecule has 13 heavy (non-hydrogen) atoms. The highest BCUT2D eigenvalue weighted by Crippen LogP contribution is 2.19. The van der Waals surface area contributed by atoms with Crippen molar-refractivity contribution in [2.45, 2.75) is 6.54 Å². The zero-order valence-electron chi connectivity index (χ0n) is 7.07. The number of azide groups is 1. The fraction of sp³-hybridized carbons (Fsp3) is 0.250. The second kappa shape index (κ2) is 4.33. The van der Waals surface area contributed by atoms with E-state index in [0.717, 1.165) is 0 Å². The van der Waals surface area contributed by atoms with Crippen LogP contribution in [-0.4, -0.2) is 7.11 Å². The minimum absolute atomic E-state index is 0.0947. The van der Waals surface area contributed by atoms with E-state index in [1.54, 1.807) is 0 Å². The molecule has 0 spiro atoms. The van der Waals surface area contributed by atoms with Crippen LogP contribution in [0.1, 0.15) is 5.56 Å². The number of benzene rings is 1. The van der Waals surface area contributed by atoms with Crippen LogP contribution < -0.4 is 4.74 Å². The molecule has 0 N–H and O–H groups in total. The third-order valence-corrected chi connectivity index (χ3v) is 1.55. The van der Waals surface area contributed by atoms with Crippen LogP contribution >= 0.6 is 0 Å². The third-order valence-electron chi connectivity index (χ3n) is 1.55. The van der Waals surface area contributed by atoms with Gasteiger partial charge in [-0.3, -0.25) is 0 Å². The van der Waals surface area contributed by atoms with Gasteiger partial charge < -0.3 is 4.74 Å². The molecule has 4 nitrogen and oxygen atoms in total. The van der Waals surface area contributed by atoms with Crippen molar-refractivity contribution in [3.05, 3.63) is 40.0 Å². The molecule has 0 aliphatic rings. The van der Waals surface area contributed by atoms with Gasteiger partial charge >= 0.3 is 0 Å². The Morgan fingerprint density at radius 2 is 2.38 bits per heavy atom. The lowest BCUT2D eigenvalue weighted by Crippen LogP contribution is -1.91. The summed E-state index contributed by atoms with van der Waals surface area (Å²) in [5.41, 5.74) is 8.63. The van der Waals surface area contributed by atoms with Crippen molar-refractivity contribution in [3.8, 4) is 5.75 Å². The number of rotatable bonds is 3. The second-order valence-electron chi connectivity index (χ2n) is 2.35. The number of ether oxygens (including phenoxy) is 1. The van der Waals surface area contributed by atoms with E-state index < -0.39 is 0 Å². The molecular formula is C8H8FN3O. The maximum atomic E-state index is 12.7. The molecule has 0 saturated heterocycles. The van der Waals surface area contributed by atoms with Crippen LogP contribution in [0.15, 0.2) is 23.3 Å². The predicted molar refractivity (Wildman–Crippen MR) is 45.8 cm³/mol. The quantitative estimate of drug-likeness (QED) is 0.401. The molecule has 0 saturated carbocycles. The monoisotopic (exact) mass is 181 g/mol. The zero-order valence-corrected chi connectivity index (χ0v) is 7.07. The largest absolute Gasteiger partial charge is 0.496 e. The second-order valence-corrected chi connectivity index (χ2v) is 2.35. The summed E-state index contributed by atoms with van der Waals surface area (Å²) >= 11 is 0. The van der Waals surface area contributed by atoms with E-state index in [2.05, 4.69) is 10.0 Å². The number of nitrogens with zero attached hydrogens (tertiary/aromatic N) is 3. The van der Waals surface area contributed by atoms with Crippen LogP contribution in [0.3, 0.4) is 0 Å². The Labute approximate surface area is 74.6 Å². The Morgan fingerprint density at radius 1 is 1.62 bits per heavy atom. The van der Waals surface area contributed by atoms with Crippen LogP contribution in [0.5, 0.6) is 5.75 Å². The molecule has 0 atom stereocenters. The molecule has 1 aromatic carbocycles. The van der Waals surface area contributed by atoms with Gasteiger partial charge in [0.15, 0.2) is 0 Å². The highest BCUT2D eigenvalue weighted by atomic mass is 19.1. The van der Waals surface area contributed by atoms with Crippen LogP contribution in [0, 0.1) is 5.82 Å². The van der Waals surface area contributed by atoms with Crippen LogP contribution in [0.25, 0.3) is 10.4 Å². The Bertz CT molecular complexity index is 347. The predicted octanol–water partition coefficient (Wildman–Crippen LogP) is 2.64. The summed E-state index contributed by atoms with van der Waals surface area (Å²) in [6.07, 6.45) is 0. The lowest BCUT2D eigenvalue weighted by atomic mass is 10.2. The summed E-state index contributed by atoms with van der Waals surface area (Å²) in [6.45, 7) is 0.0947. The Balaban J connectivity index is 3.00. The van der Waals surface area contributed by atoms with E-state index >= 15 is 0 Å². The first kappa shape index (κ1) is 9.35. The fourth-order valence-electron chi connectivity index (χ4n) is 0.979. The first-order chi connectivity index (χ1) is 6.27. The van der Waals surface area contributed by atoms with Crippen molar-refractivity contribution in [2.24, 2.45) is 5.11 Å². The summed E-state index contributed by atoms with van der Waals surface area (Å²) in [5, 5.41) is 3.33. The number of hydrogen-bond donors (Lipinski definition) is 0. The van der Waals surface area contributed by atoms with Gasteiger partial charge in [-0.2, -0.15) is 0 Å². The normalized spacial score (nSPS) is 9.08. The van der Waals surface area contributed by atoms with Crippen molar-refractivity contribution >= 4 is 0 Å². The molecule has 0 amide bonds. The summed E-state index contributed by atoms with van der Waals surface area (Å²) in [6, 6.07) is 4.07. The summed E-state index contributed by atoms with van der Waals surface area (Å²) < 4.78 is 17.7. The molecule has 0 fully saturated rings. The van der Waals surface area contributed by atoms with Crippen LogP contribution in [0.4, 0.5) is 4.39 Å². The van der Waals surface area contributed by atoms with Crippen molar-refractivity contribution in [1.82, 2.24) is 0 Å². The lowest BCUT2D eigenvalue weighted by molar-refractivity contribution is 0.408. The van der Waals surface area contributed by atoms with Gasteiger partial charge in [0.2, 0.25) is 0 Å². The van der Waals surface area contributed by atoms with E-state index in [1.807, 2.05) is 0 Å². The molecule has 5 heteroatoms. The van der Waals surface area contributed by atoms with Gasteiger partial charge in [-0.1, -0.05) is 5.11 Å². The SMILES string of the molecule is COc1ccc(F)cc1CN=[N+]=[N-]. The van der Waals surface area contributed by atoms with Crippen molar-refractivity contribution in [2.75, 3.05) is 7.11 Å². The first-order valence-corrected chi connectivity index (χ1v) is 3.61. The summed E-state index contributed by atoms with van der Waals surface area (Å²) in [7, 11) is 1.48. The van der Waals surface area contributed by atoms with Gasteiger partial charge in [0, 0.05) is 10.5 Å². The maximum absolute atomic E-state index is 12.7. The standard InChI is InChI=1S/C8H8FN3O/c1-13-8-3-2-7(9)4-6(8)5-11-12-10/h2-4H,5H2,1H3. The summed E-state index contributed by atoms with van der Waals surface area (Å²) in [5.74, 6) is 0.151. The molecule has 0 heterocycles. The van der Waals surface area contributed by atoms with Crippen molar-refractivity contribution < 1.29 is 9.13 Å². The Hall–Kier alpha value is -1.74. The fourth-order valence-corrected chi connectivity index (χ4v) is 0.979. The van der Waals surface area contributed by atoms with Gasteiger partial charge in [0.05, 0.1) is 13.7 Å². The lowest BCUT2D eigenvalue weighted by Gasteiger charge is -2.04. The van der Waals surface area contributed by atoms with Crippen LogP contribution in [-0.2, 0) is 6.54 Å². The van der Waals surface area contributed by atoms with Gasteiger partial charge in [0.1, 0.15) is 11.6 Å². The molecule has 1 aromatic rings. The minimum Gasteiger partial charge on any atom is -0.496 e. The highest BCUT2D eigenvalue weighted by molar-refractivity contribution is 5.33. The average molecular weight is 181 g/mol. The van der Waals surface area contributed by atoms with Gasteiger partial charge in [-0.25, -0.2) is 4.39 Å². The van der Waals surface area contributed by atoms with Gasteiger partial charge in [-0.15, -0.1) is 0 Å². The van der Waals surface area contributed by atoms with E-state index in [0.29, 0.717) is 11.3 Å². The topological polar surface area (TPSA) is 58.0 Å². The molecule has 0 aromatic heterocycles. The zero-order chi connectivity index (χ0) is 9.68. The van der Waals surface area contributed by atoms with Crippen molar-refractivity contribution in [1.29, 1.82) is 0 Å². The first-order valence-electron chi connectivity index (χ1n) is 3.61. The van der Waals surface area contributed by atoms with Gasteiger partial charge in [0.25, 0.3) is 0 Å².